The summed E-state index contributed by atoms with van der Waals surface area (Å²) in [6.07, 6.45) is 16.2. The standard InChI is InChI=1S/C29H39N5O/c1-2-21-8-7-9-25(12-10-21)31-29(35)28-26-17-23(11-13-27(26)32-33-28)24-16-22(18-30-19-24)20-34-14-5-3-4-6-15-34/h11,13,16-19,21,25H,2-10,12,14-15,20H2,1H3,(H,31,35)(H,32,33). The maximum absolute atomic E-state index is 13.2. The van der Waals surface area contributed by atoms with Gasteiger partial charge in [-0.25, -0.2) is 0 Å². The Balaban J connectivity index is 1.32. The first-order chi connectivity index (χ1) is 17.2. The van der Waals surface area contributed by atoms with Crippen LogP contribution in [0.2, 0.25) is 0 Å². The molecule has 1 saturated carbocycles. The molecule has 1 aromatic carbocycles. The first-order valence-corrected chi connectivity index (χ1v) is 13.6. The molecule has 1 saturated heterocycles. The zero-order chi connectivity index (χ0) is 24.0. The lowest BCUT2D eigenvalue weighted by molar-refractivity contribution is 0.0929. The lowest BCUT2D eigenvalue weighted by atomic mass is 9.98. The monoisotopic (exact) mass is 473 g/mol. The molecule has 6 heteroatoms. The van der Waals surface area contributed by atoms with Crippen LogP contribution >= 0.6 is 0 Å². The van der Waals surface area contributed by atoms with Gasteiger partial charge in [-0.15, -0.1) is 0 Å². The largest absolute Gasteiger partial charge is 0.348 e. The third kappa shape index (κ3) is 5.92. The van der Waals surface area contributed by atoms with Crippen LogP contribution in [0.1, 0.15) is 87.2 Å². The Labute approximate surface area is 208 Å². The zero-order valence-corrected chi connectivity index (χ0v) is 21.1. The molecule has 1 aliphatic heterocycles. The molecule has 2 N–H and O–H groups in total. The van der Waals surface area contributed by atoms with E-state index < -0.39 is 0 Å². The van der Waals surface area contributed by atoms with Gasteiger partial charge >= 0.3 is 0 Å². The van der Waals surface area contributed by atoms with Crippen molar-refractivity contribution in [1.82, 2.24) is 25.4 Å². The van der Waals surface area contributed by atoms with Gasteiger partial charge in [-0.3, -0.25) is 19.8 Å². The molecule has 3 aromatic rings. The van der Waals surface area contributed by atoms with Crippen LogP contribution in [-0.2, 0) is 6.54 Å². The average molecular weight is 474 g/mol. The lowest BCUT2D eigenvalue weighted by Crippen LogP contribution is -2.34. The summed E-state index contributed by atoms with van der Waals surface area (Å²) in [5.74, 6) is 0.732. The fraction of sp³-hybridized carbons (Fsp3) is 0.552. The highest BCUT2D eigenvalue weighted by Gasteiger charge is 2.22. The number of fused-ring (bicyclic) bond motifs is 1. The number of aromatic nitrogens is 3. The molecule has 2 atom stereocenters. The van der Waals surface area contributed by atoms with Crippen molar-refractivity contribution >= 4 is 16.8 Å². The Morgan fingerprint density at radius 2 is 1.86 bits per heavy atom. The Morgan fingerprint density at radius 1 is 1.00 bits per heavy atom. The highest BCUT2D eigenvalue weighted by Crippen LogP contribution is 2.28. The summed E-state index contributed by atoms with van der Waals surface area (Å²) in [5, 5.41) is 11.6. The summed E-state index contributed by atoms with van der Waals surface area (Å²) in [6.45, 7) is 5.56. The molecule has 35 heavy (non-hydrogen) atoms. The molecule has 0 spiro atoms. The molecule has 1 amide bonds. The molecule has 3 heterocycles. The SMILES string of the molecule is CCC1CCCC(NC(=O)c2n[nH]c3ccc(-c4cncc(CN5CCCCCC5)c4)cc23)CC1. The smallest absolute Gasteiger partial charge is 0.272 e. The Bertz CT molecular complexity index is 1130. The van der Waals surface area contributed by atoms with E-state index in [4.69, 9.17) is 0 Å². The van der Waals surface area contributed by atoms with Crippen LogP contribution in [0, 0.1) is 5.92 Å². The van der Waals surface area contributed by atoms with Gasteiger partial charge in [-0.05, 0) is 80.4 Å². The normalized spacial score (nSPS) is 22.0. The number of benzene rings is 1. The second kappa shape index (κ2) is 11.3. The van der Waals surface area contributed by atoms with Crippen molar-refractivity contribution in [3.63, 3.8) is 0 Å². The minimum absolute atomic E-state index is 0.0682. The number of carbonyl (C=O) groups excluding carboxylic acids is 1. The van der Waals surface area contributed by atoms with Crippen molar-refractivity contribution in [3.8, 4) is 11.1 Å². The summed E-state index contributed by atoms with van der Waals surface area (Å²) >= 11 is 0. The van der Waals surface area contributed by atoms with Crippen molar-refractivity contribution < 1.29 is 4.79 Å². The Hall–Kier alpha value is -2.73. The molecule has 5 rings (SSSR count). The molecule has 0 radical (unpaired) electrons. The molecular formula is C29H39N5O. The van der Waals surface area contributed by atoms with Crippen LogP contribution in [-0.4, -0.2) is 45.1 Å². The van der Waals surface area contributed by atoms with Crippen LogP contribution in [0.4, 0.5) is 0 Å². The maximum atomic E-state index is 13.2. The fourth-order valence-corrected chi connectivity index (χ4v) is 5.84. The number of nitrogens with zero attached hydrogens (tertiary/aromatic N) is 3. The molecule has 0 bridgehead atoms. The van der Waals surface area contributed by atoms with Gasteiger partial charge < -0.3 is 5.32 Å². The summed E-state index contributed by atoms with van der Waals surface area (Å²) in [4.78, 5) is 20.3. The highest BCUT2D eigenvalue weighted by atomic mass is 16.2. The lowest BCUT2D eigenvalue weighted by Gasteiger charge is -2.19. The van der Waals surface area contributed by atoms with Crippen molar-refractivity contribution in [3.05, 3.63) is 47.9 Å². The van der Waals surface area contributed by atoms with E-state index in [0.717, 1.165) is 47.3 Å². The quantitative estimate of drug-likeness (QED) is 0.425. The number of rotatable bonds is 6. The summed E-state index contributed by atoms with van der Waals surface area (Å²) < 4.78 is 0. The van der Waals surface area contributed by atoms with E-state index in [1.54, 1.807) is 0 Å². The fourth-order valence-electron chi connectivity index (χ4n) is 5.84. The van der Waals surface area contributed by atoms with E-state index in [1.807, 2.05) is 18.5 Å². The Kier molecular flexibility index (Phi) is 7.77. The number of H-pyrrole nitrogens is 1. The van der Waals surface area contributed by atoms with Gasteiger partial charge in [0, 0.05) is 35.9 Å². The van der Waals surface area contributed by atoms with Gasteiger partial charge in [-0.1, -0.05) is 45.1 Å². The van der Waals surface area contributed by atoms with Crippen LogP contribution in [0.25, 0.3) is 22.0 Å². The first kappa shape index (κ1) is 24.0. The van der Waals surface area contributed by atoms with Crippen LogP contribution in [0.5, 0.6) is 0 Å². The summed E-state index contributed by atoms with van der Waals surface area (Å²) in [6, 6.07) is 8.68. The van der Waals surface area contributed by atoms with Gasteiger partial charge in [0.2, 0.25) is 0 Å². The number of pyridine rings is 1. The predicted octanol–water partition coefficient (Wildman–Crippen LogP) is 6.09. The van der Waals surface area contributed by atoms with Crippen LogP contribution in [0.15, 0.2) is 36.7 Å². The average Bonchev–Trinajstić information content (AvgIpc) is 3.01. The topological polar surface area (TPSA) is 73.9 Å². The van der Waals surface area contributed by atoms with E-state index >= 15 is 0 Å². The van der Waals surface area contributed by atoms with Crippen molar-refractivity contribution in [2.45, 2.75) is 83.7 Å². The third-order valence-electron chi connectivity index (χ3n) is 8.01. The second-order valence-corrected chi connectivity index (χ2v) is 10.6. The number of carbonyl (C=O) groups is 1. The minimum atomic E-state index is -0.0682. The molecule has 2 fully saturated rings. The molecule has 2 unspecified atom stereocenters. The highest BCUT2D eigenvalue weighted by molar-refractivity contribution is 6.05. The molecule has 1 aliphatic carbocycles. The number of amides is 1. The second-order valence-electron chi connectivity index (χ2n) is 10.6. The molecule has 6 nitrogen and oxygen atoms in total. The van der Waals surface area contributed by atoms with Crippen LogP contribution < -0.4 is 5.32 Å². The zero-order valence-electron chi connectivity index (χ0n) is 21.1. The maximum Gasteiger partial charge on any atom is 0.272 e. The van der Waals surface area contributed by atoms with E-state index in [2.05, 4.69) is 50.5 Å². The summed E-state index contributed by atoms with van der Waals surface area (Å²) in [7, 11) is 0. The van der Waals surface area contributed by atoms with E-state index in [0.29, 0.717) is 5.69 Å². The van der Waals surface area contributed by atoms with Crippen LogP contribution in [0.3, 0.4) is 0 Å². The molecule has 2 aromatic heterocycles. The van der Waals surface area contributed by atoms with Gasteiger partial charge in [0.15, 0.2) is 5.69 Å². The third-order valence-corrected chi connectivity index (χ3v) is 8.01. The number of nitrogens with one attached hydrogen (secondary N) is 2. The predicted molar refractivity (Wildman–Crippen MR) is 141 cm³/mol. The molecule has 2 aliphatic rings. The van der Waals surface area contributed by atoms with Crippen molar-refractivity contribution in [2.24, 2.45) is 5.92 Å². The van der Waals surface area contributed by atoms with Gasteiger partial charge in [0.25, 0.3) is 5.91 Å². The van der Waals surface area contributed by atoms with Crippen molar-refractivity contribution in [2.75, 3.05) is 13.1 Å². The number of likely N-dealkylation sites (tertiary alicyclic amines) is 1. The van der Waals surface area contributed by atoms with Gasteiger partial charge in [0.1, 0.15) is 0 Å². The van der Waals surface area contributed by atoms with E-state index in [-0.39, 0.29) is 11.9 Å². The molecule has 186 valence electrons. The summed E-state index contributed by atoms with van der Waals surface area (Å²) in [5.41, 5.74) is 4.78. The van der Waals surface area contributed by atoms with Gasteiger partial charge in [0.05, 0.1) is 5.52 Å². The van der Waals surface area contributed by atoms with Crippen molar-refractivity contribution in [1.29, 1.82) is 0 Å². The molecular weight excluding hydrogens is 434 g/mol. The minimum Gasteiger partial charge on any atom is -0.348 e. The Morgan fingerprint density at radius 3 is 2.69 bits per heavy atom. The van der Waals surface area contributed by atoms with E-state index in [9.17, 15) is 4.79 Å². The first-order valence-electron chi connectivity index (χ1n) is 13.6. The van der Waals surface area contributed by atoms with E-state index in [1.165, 1.54) is 70.0 Å². The van der Waals surface area contributed by atoms with Gasteiger partial charge in [-0.2, -0.15) is 5.10 Å². The number of aromatic amines is 1. The number of hydrogen-bond donors (Lipinski definition) is 2. The number of hydrogen-bond acceptors (Lipinski definition) is 4.